The van der Waals surface area contributed by atoms with Crippen LogP contribution in [0.25, 0.3) is 0 Å². The van der Waals surface area contributed by atoms with Gasteiger partial charge in [-0.2, -0.15) is 0 Å². The minimum absolute atomic E-state index is 0. The van der Waals surface area contributed by atoms with E-state index in [1.54, 1.807) is 6.20 Å². The van der Waals surface area contributed by atoms with Gasteiger partial charge in [0.25, 0.3) is 5.91 Å². The van der Waals surface area contributed by atoms with E-state index >= 15 is 0 Å². The molecule has 0 atom stereocenters. The van der Waals surface area contributed by atoms with Crippen LogP contribution >= 0.6 is 0 Å². The number of amides is 1. The average Bonchev–Trinajstić information content (AvgIpc) is 2.83. The minimum Gasteiger partial charge on any atom is -0.370 e. The molecule has 0 aliphatic carbocycles. The van der Waals surface area contributed by atoms with Crippen LogP contribution in [0, 0.1) is 0 Å². The largest absolute Gasteiger partial charge is 0.370 e. The van der Waals surface area contributed by atoms with Crippen molar-refractivity contribution < 1.29 is 6.22 Å². The lowest BCUT2D eigenvalue weighted by Gasteiger charge is -2.17. The molecule has 4 heteroatoms. The lowest BCUT2D eigenvalue weighted by Crippen LogP contribution is -2.24. The molecule has 0 aromatic carbocycles. The highest BCUT2D eigenvalue weighted by atomic mass is 16.1. The predicted molar refractivity (Wildman–Crippen MR) is 65.8 cm³/mol. The molecule has 88 valence electrons. The van der Waals surface area contributed by atoms with Crippen molar-refractivity contribution in [1.82, 2.24) is 10.3 Å². The van der Waals surface area contributed by atoms with Gasteiger partial charge >= 0.3 is 0 Å². The topological polar surface area (TPSA) is 45.2 Å². The number of nitrogens with zero attached hydrogens (tertiary/aromatic N) is 2. The van der Waals surface area contributed by atoms with Gasteiger partial charge < -0.3 is 10.2 Å². The van der Waals surface area contributed by atoms with Crippen LogP contribution in [0.5, 0.6) is 0 Å². The molecule has 0 spiro atoms. The average molecular weight is 221 g/mol. The van der Waals surface area contributed by atoms with Gasteiger partial charge in [0.05, 0.1) is 17.4 Å². The summed E-state index contributed by atoms with van der Waals surface area (Å²) in [5.74, 6) is -0.0453. The summed E-state index contributed by atoms with van der Waals surface area (Å²) in [6.07, 6.45) is 5.90. The molecule has 1 aliphatic heterocycles. The van der Waals surface area contributed by atoms with Crippen LogP contribution in [-0.4, -0.2) is 30.5 Å². The van der Waals surface area contributed by atoms with E-state index in [9.17, 15) is 4.79 Å². The standard InChI is InChI=1S/C12H17N3O.H2/c1-2-14-12(16)10-7-11(9-13-8-10)15-5-3-4-6-15;/h7-9H,2-6H2,1H3,(H,14,16);1H. The predicted octanol–water partition coefficient (Wildman–Crippen LogP) is 1.68. The second-order valence-electron chi connectivity index (χ2n) is 3.99. The Kier molecular flexibility index (Phi) is 3.39. The first-order valence-corrected chi connectivity index (χ1v) is 5.79. The van der Waals surface area contributed by atoms with Crippen molar-refractivity contribution in [2.24, 2.45) is 0 Å². The van der Waals surface area contributed by atoms with E-state index in [0.717, 1.165) is 18.8 Å². The number of aromatic nitrogens is 1. The third-order valence-corrected chi connectivity index (χ3v) is 2.79. The highest BCUT2D eigenvalue weighted by molar-refractivity contribution is 5.94. The van der Waals surface area contributed by atoms with Gasteiger partial charge in [0.1, 0.15) is 0 Å². The zero-order valence-electron chi connectivity index (χ0n) is 9.57. The van der Waals surface area contributed by atoms with Crippen LogP contribution in [0.15, 0.2) is 18.5 Å². The smallest absolute Gasteiger partial charge is 0.252 e. The zero-order valence-corrected chi connectivity index (χ0v) is 9.57. The molecule has 1 amide bonds. The molecule has 2 rings (SSSR count). The maximum Gasteiger partial charge on any atom is 0.252 e. The maximum absolute atomic E-state index is 11.6. The third kappa shape index (κ3) is 2.32. The number of hydrogen-bond donors (Lipinski definition) is 1. The molecule has 1 aromatic heterocycles. The Balaban J connectivity index is 0.00000144. The Hall–Kier alpha value is -1.58. The minimum atomic E-state index is -0.0453. The molecule has 1 saturated heterocycles. The van der Waals surface area contributed by atoms with E-state index < -0.39 is 0 Å². The summed E-state index contributed by atoms with van der Waals surface area (Å²) in [6, 6.07) is 1.92. The van der Waals surface area contributed by atoms with Gasteiger partial charge in [-0.15, -0.1) is 0 Å². The van der Waals surface area contributed by atoms with E-state index in [1.807, 2.05) is 19.2 Å². The van der Waals surface area contributed by atoms with Crippen molar-refractivity contribution in [1.29, 1.82) is 0 Å². The summed E-state index contributed by atoms with van der Waals surface area (Å²) in [7, 11) is 0. The van der Waals surface area contributed by atoms with Gasteiger partial charge in [0, 0.05) is 27.3 Å². The van der Waals surface area contributed by atoms with E-state index in [0.29, 0.717) is 12.1 Å². The summed E-state index contributed by atoms with van der Waals surface area (Å²) < 4.78 is 0. The quantitative estimate of drug-likeness (QED) is 0.844. The monoisotopic (exact) mass is 221 g/mol. The van der Waals surface area contributed by atoms with Crippen LogP contribution < -0.4 is 10.2 Å². The normalized spacial score (nSPS) is 15.2. The number of hydrogen-bond acceptors (Lipinski definition) is 3. The second-order valence-corrected chi connectivity index (χ2v) is 3.99. The van der Waals surface area contributed by atoms with Gasteiger partial charge in [0.15, 0.2) is 0 Å². The number of rotatable bonds is 3. The Morgan fingerprint density at radius 1 is 1.50 bits per heavy atom. The maximum atomic E-state index is 11.6. The van der Waals surface area contributed by atoms with E-state index in [-0.39, 0.29) is 7.33 Å². The highest BCUT2D eigenvalue weighted by Gasteiger charge is 2.14. The molecule has 1 aliphatic rings. The Bertz CT molecular complexity index is 378. The van der Waals surface area contributed by atoms with Crippen molar-refractivity contribution in [2.75, 3.05) is 24.5 Å². The summed E-state index contributed by atoms with van der Waals surface area (Å²) >= 11 is 0. The first kappa shape index (κ1) is 10.9. The van der Waals surface area contributed by atoms with Gasteiger partial charge in [-0.05, 0) is 25.8 Å². The fraction of sp³-hybridized carbons (Fsp3) is 0.500. The van der Waals surface area contributed by atoms with E-state index in [1.165, 1.54) is 12.8 Å². The van der Waals surface area contributed by atoms with Crippen LogP contribution in [0.3, 0.4) is 0 Å². The van der Waals surface area contributed by atoms with Crippen molar-refractivity contribution in [3.05, 3.63) is 24.0 Å². The van der Waals surface area contributed by atoms with Crippen LogP contribution in [-0.2, 0) is 0 Å². The van der Waals surface area contributed by atoms with Crippen molar-refractivity contribution in [3.8, 4) is 0 Å². The van der Waals surface area contributed by atoms with Gasteiger partial charge in [-0.3, -0.25) is 9.78 Å². The number of anilines is 1. The lowest BCUT2D eigenvalue weighted by atomic mass is 10.2. The Morgan fingerprint density at radius 3 is 2.94 bits per heavy atom. The molecular weight excluding hydrogens is 202 g/mol. The van der Waals surface area contributed by atoms with Crippen LogP contribution in [0.4, 0.5) is 5.69 Å². The van der Waals surface area contributed by atoms with E-state index in [2.05, 4.69) is 15.2 Å². The fourth-order valence-electron chi connectivity index (χ4n) is 1.96. The fourth-order valence-corrected chi connectivity index (χ4v) is 1.96. The Labute approximate surface area is 97.2 Å². The SMILES string of the molecule is CCNC(=O)c1cncc(N2CCCC2)c1.[HH]. The molecule has 1 aromatic rings. The van der Waals surface area contributed by atoms with Crippen molar-refractivity contribution >= 4 is 11.6 Å². The first-order valence-electron chi connectivity index (χ1n) is 5.79. The summed E-state index contributed by atoms with van der Waals surface area (Å²) in [4.78, 5) is 18.0. The lowest BCUT2D eigenvalue weighted by molar-refractivity contribution is 0.0955. The molecule has 0 radical (unpaired) electrons. The molecular formula is C12H19N3O. The van der Waals surface area contributed by atoms with Gasteiger partial charge in [0.2, 0.25) is 0 Å². The van der Waals surface area contributed by atoms with Crippen LogP contribution in [0.2, 0.25) is 0 Å². The molecule has 0 bridgehead atoms. The van der Waals surface area contributed by atoms with Crippen molar-refractivity contribution in [3.63, 3.8) is 0 Å². The molecule has 0 saturated carbocycles. The summed E-state index contributed by atoms with van der Waals surface area (Å²) in [6.45, 7) is 4.70. The molecule has 1 fully saturated rings. The number of carbonyl (C=O) groups is 1. The number of pyridine rings is 1. The van der Waals surface area contributed by atoms with Crippen LogP contribution in [0.1, 0.15) is 31.6 Å². The van der Waals surface area contributed by atoms with Gasteiger partial charge in [-0.1, -0.05) is 0 Å². The number of carbonyl (C=O) groups excluding carboxylic acids is 1. The number of nitrogens with one attached hydrogen (secondary N) is 1. The molecule has 16 heavy (non-hydrogen) atoms. The third-order valence-electron chi connectivity index (χ3n) is 2.79. The van der Waals surface area contributed by atoms with E-state index in [4.69, 9.17) is 0 Å². The second kappa shape index (κ2) is 4.96. The zero-order chi connectivity index (χ0) is 11.4. The highest BCUT2D eigenvalue weighted by Crippen LogP contribution is 2.19. The van der Waals surface area contributed by atoms with Crippen molar-refractivity contribution in [2.45, 2.75) is 19.8 Å². The molecule has 2 heterocycles. The summed E-state index contributed by atoms with van der Waals surface area (Å²) in [5.41, 5.74) is 1.70. The molecule has 4 nitrogen and oxygen atoms in total. The Morgan fingerprint density at radius 2 is 2.25 bits per heavy atom. The van der Waals surface area contributed by atoms with Gasteiger partial charge in [-0.25, -0.2) is 0 Å². The first-order chi connectivity index (χ1) is 7.81. The summed E-state index contributed by atoms with van der Waals surface area (Å²) in [5, 5.41) is 2.78. The molecule has 0 unspecified atom stereocenters. The molecule has 1 N–H and O–H groups in total.